The van der Waals surface area contributed by atoms with E-state index in [1.165, 1.54) is 60.1 Å². The predicted molar refractivity (Wildman–Crippen MR) is 234 cm³/mol. The van der Waals surface area contributed by atoms with Crippen molar-refractivity contribution in [3.63, 3.8) is 0 Å². The van der Waals surface area contributed by atoms with Crippen LogP contribution in [0.5, 0.6) is 0 Å². The highest BCUT2D eigenvalue weighted by Gasteiger charge is 2.25. The van der Waals surface area contributed by atoms with Crippen LogP contribution in [0.25, 0.3) is 98.5 Å². The second-order valence-corrected chi connectivity index (χ2v) is 14.9. The maximum Gasteiger partial charge on any atom is 0.159 e. The molecule has 0 aliphatic heterocycles. The van der Waals surface area contributed by atoms with Gasteiger partial charge in [-0.05, 0) is 65.0 Å². The number of nitrogens with zero attached hydrogens (tertiary/aromatic N) is 3. The third kappa shape index (κ3) is 3.87. The Kier molecular flexibility index (Phi) is 5.86. The molecule has 0 N–H and O–H groups in total. The van der Waals surface area contributed by atoms with E-state index in [0.717, 1.165) is 55.4 Å². The van der Waals surface area contributed by atoms with Crippen LogP contribution >= 0.6 is 0 Å². The Morgan fingerprint density at radius 2 is 0.964 bits per heavy atom. The SMILES string of the molecule is c1ccc(-c2ccc(N(c3ccc4c(c3)n3c5ccccc5c5ccc6c7ccccc7n4c6c53)c3cccc4c3oc3ccccc34)c3ccccc23)cc1. The molecule has 0 atom stereocenters. The quantitative estimate of drug-likeness (QED) is 0.170. The van der Waals surface area contributed by atoms with E-state index in [-0.39, 0.29) is 0 Å². The molecule has 0 unspecified atom stereocenters. The molecule has 4 heteroatoms. The van der Waals surface area contributed by atoms with Gasteiger partial charge in [0, 0.05) is 43.4 Å². The highest BCUT2D eigenvalue weighted by molar-refractivity contribution is 6.25. The molecule has 13 aromatic rings. The second kappa shape index (κ2) is 11.0. The van der Waals surface area contributed by atoms with E-state index in [4.69, 9.17) is 4.42 Å². The highest BCUT2D eigenvalue weighted by atomic mass is 16.3. The van der Waals surface area contributed by atoms with Crippen LogP contribution in [-0.2, 0) is 0 Å². The van der Waals surface area contributed by atoms with Crippen LogP contribution in [0.4, 0.5) is 17.1 Å². The van der Waals surface area contributed by atoms with E-state index >= 15 is 0 Å². The van der Waals surface area contributed by atoms with E-state index in [0.29, 0.717) is 0 Å². The fourth-order valence-corrected chi connectivity index (χ4v) is 9.68. The van der Waals surface area contributed by atoms with Gasteiger partial charge in [-0.25, -0.2) is 0 Å². The van der Waals surface area contributed by atoms with Gasteiger partial charge in [-0.1, -0.05) is 140 Å². The van der Waals surface area contributed by atoms with E-state index in [1.807, 2.05) is 6.07 Å². The van der Waals surface area contributed by atoms with Gasteiger partial charge in [-0.15, -0.1) is 0 Å². The van der Waals surface area contributed by atoms with Crippen LogP contribution in [-0.4, -0.2) is 8.80 Å². The number of aromatic nitrogens is 2. The first-order valence-electron chi connectivity index (χ1n) is 19.2. The number of anilines is 3. The Bertz CT molecular complexity index is 3720. The van der Waals surface area contributed by atoms with Crippen molar-refractivity contribution in [2.45, 2.75) is 0 Å². The van der Waals surface area contributed by atoms with Crippen LogP contribution in [0.1, 0.15) is 0 Å². The average molecular weight is 714 g/mol. The molecule has 9 aromatic carbocycles. The van der Waals surface area contributed by atoms with Gasteiger partial charge in [-0.2, -0.15) is 0 Å². The molecule has 0 aliphatic rings. The Hall–Kier alpha value is -7.56. The summed E-state index contributed by atoms with van der Waals surface area (Å²) in [5, 5.41) is 9.63. The lowest BCUT2D eigenvalue weighted by molar-refractivity contribution is 0.669. The number of furan rings is 1. The Morgan fingerprint density at radius 1 is 0.357 bits per heavy atom. The van der Waals surface area contributed by atoms with Gasteiger partial charge in [0.1, 0.15) is 5.58 Å². The minimum absolute atomic E-state index is 0.861. The fraction of sp³-hybridized carbons (Fsp3) is 0. The molecule has 4 nitrogen and oxygen atoms in total. The van der Waals surface area contributed by atoms with Crippen molar-refractivity contribution in [2.24, 2.45) is 0 Å². The molecule has 0 bridgehead atoms. The van der Waals surface area contributed by atoms with Gasteiger partial charge in [0.25, 0.3) is 0 Å². The topological polar surface area (TPSA) is 25.2 Å². The van der Waals surface area contributed by atoms with Crippen LogP contribution in [0.3, 0.4) is 0 Å². The van der Waals surface area contributed by atoms with Gasteiger partial charge in [0.15, 0.2) is 5.58 Å². The van der Waals surface area contributed by atoms with Crippen LogP contribution < -0.4 is 4.90 Å². The van der Waals surface area contributed by atoms with Gasteiger partial charge in [0.05, 0.1) is 44.5 Å². The summed E-state index contributed by atoms with van der Waals surface area (Å²) in [5.74, 6) is 0. The molecule has 0 saturated heterocycles. The van der Waals surface area contributed by atoms with E-state index in [2.05, 4.69) is 196 Å². The number of hydrogen-bond donors (Lipinski definition) is 0. The zero-order valence-corrected chi connectivity index (χ0v) is 30.1. The van der Waals surface area contributed by atoms with Crippen molar-refractivity contribution in [1.29, 1.82) is 0 Å². The lowest BCUT2D eigenvalue weighted by Crippen LogP contribution is -2.11. The summed E-state index contributed by atoms with van der Waals surface area (Å²) < 4.78 is 11.8. The molecule has 0 spiro atoms. The molecule has 4 aromatic heterocycles. The molecule has 0 radical (unpaired) electrons. The monoisotopic (exact) mass is 713 g/mol. The number of benzene rings is 9. The van der Waals surface area contributed by atoms with Crippen LogP contribution in [0, 0.1) is 0 Å². The summed E-state index contributed by atoms with van der Waals surface area (Å²) in [4.78, 5) is 2.41. The number of hydrogen-bond acceptors (Lipinski definition) is 2. The number of para-hydroxylation sites is 4. The molecule has 0 fully saturated rings. The number of fused-ring (bicyclic) bond motifs is 13. The lowest BCUT2D eigenvalue weighted by Gasteiger charge is -2.28. The summed E-state index contributed by atoms with van der Waals surface area (Å²) in [6.45, 7) is 0. The maximum absolute atomic E-state index is 6.79. The van der Waals surface area contributed by atoms with Crippen molar-refractivity contribution in [1.82, 2.24) is 8.80 Å². The zero-order chi connectivity index (χ0) is 36.5. The van der Waals surface area contributed by atoms with Crippen molar-refractivity contribution in [2.75, 3.05) is 4.90 Å². The minimum atomic E-state index is 0.861. The summed E-state index contributed by atoms with van der Waals surface area (Å²) in [6, 6.07) is 68.2. The molecule has 13 rings (SSSR count). The largest absolute Gasteiger partial charge is 0.454 e. The number of rotatable bonds is 4. The minimum Gasteiger partial charge on any atom is -0.454 e. The summed E-state index contributed by atoms with van der Waals surface area (Å²) >= 11 is 0. The third-order valence-corrected chi connectivity index (χ3v) is 12.0. The van der Waals surface area contributed by atoms with Gasteiger partial charge in [-0.3, -0.25) is 0 Å². The molecular weight excluding hydrogens is 683 g/mol. The van der Waals surface area contributed by atoms with Crippen molar-refractivity contribution >= 4 is 104 Å². The highest BCUT2D eigenvalue weighted by Crippen LogP contribution is 2.48. The predicted octanol–water partition coefficient (Wildman–Crippen LogP) is 14.4. The Labute approximate surface area is 320 Å². The molecule has 0 amide bonds. The van der Waals surface area contributed by atoms with Crippen LogP contribution in [0.15, 0.2) is 192 Å². The van der Waals surface area contributed by atoms with Crippen molar-refractivity contribution < 1.29 is 4.42 Å². The third-order valence-electron chi connectivity index (χ3n) is 12.0. The first-order chi connectivity index (χ1) is 27.8. The van der Waals surface area contributed by atoms with E-state index in [1.54, 1.807) is 0 Å². The zero-order valence-electron chi connectivity index (χ0n) is 30.1. The van der Waals surface area contributed by atoms with Gasteiger partial charge < -0.3 is 18.1 Å². The van der Waals surface area contributed by atoms with Crippen molar-refractivity contribution in [3.8, 4) is 11.1 Å². The van der Waals surface area contributed by atoms with Crippen LogP contribution in [0.2, 0.25) is 0 Å². The second-order valence-electron chi connectivity index (χ2n) is 14.9. The molecule has 0 saturated carbocycles. The Balaban J connectivity index is 1.18. The van der Waals surface area contributed by atoms with Gasteiger partial charge in [0.2, 0.25) is 0 Å². The molecule has 0 aliphatic carbocycles. The smallest absolute Gasteiger partial charge is 0.159 e. The standard InChI is InChI=1S/C52H31N3O/c1-2-13-32(14-3-1)34-28-30-45(36-16-5-4-15-35(34)36)53(47-23-12-20-42-39-19-8-11-24-49(39)56-52(42)47)33-25-29-46-48(31-33)55-44-22-10-7-18-38(44)41-27-26-40-37-17-6-9-21-43(37)54(46)50(40)51(41)55/h1-31H. The first-order valence-corrected chi connectivity index (χ1v) is 19.2. The fourth-order valence-electron chi connectivity index (χ4n) is 9.68. The summed E-state index contributed by atoms with van der Waals surface area (Å²) in [6.07, 6.45) is 0. The van der Waals surface area contributed by atoms with Crippen molar-refractivity contribution in [3.05, 3.63) is 188 Å². The maximum atomic E-state index is 6.79. The molecule has 4 heterocycles. The van der Waals surface area contributed by atoms with E-state index in [9.17, 15) is 0 Å². The van der Waals surface area contributed by atoms with E-state index < -0.39 is 0 Å². The first kappa shape index (κ1) is 29.8. The average Bonchev–Trinajstić information content (AvgIpc) is 3.93. The lowest BCUT2D eigenvalue weighted by atomic mass is 9.96. The van der Waals surface area contributed by atoms with Gasteiger partial charge >= 0.3 is 0 Å². The molecule has 56 heavy (non-hydrogen) atoms. The Morgan fingerprint density at radius 3 is 1.71 bits per heavy atom. The molecule has 260 valence electrons. The molecular formula is C52H31N3O. The summed E-state index contributed by atoms with van der Waals surface area (Å²) in [5.41, 5.74) is 14.5. The summed E-state index contributed by atoms with van der Waals surface area (Å²) in [7, 11) is 0. The normalized spacial score (nSPS) is 12.3.